The summed E-state index contributed by atoms with van der Waals surface area (Å²) in [6, 6.07) is -0.162. The van der Waals surface area contributed by atoms with Gasteiger partial charge in [0.05, 0.1) is 19.2 Å². The molecule has 0 aromatic heterocycles. The maximum Gasteiger partial charge on any atom is 0.410 e. The molecule has 0 aromatic rings. The highest BCUT2D eigenvalue weighted by molar-refractivity contribution is 5.75. The first kappa shape index (κ1) is 15.8. The lowest BCUT2D eigenvalue weighted by molar-refractivity contribution is -0.159. The maximum absolute atomic E-state index is 12.2. The molecule has 1 N–H and O–H groups in total. The van der Waals surface area contributed by atoms with Crippen molar-refractivity contribution in [1.29, 1.82) is 0 Å². The average molecular weight is 273 g/mol. The summed E-state index contributed by atoms with van der Waals surface area (Å²) in [5.41, 5.74) is -0.602. The molecule has 1 aliphatic heterocycles. The lowest BCUT2D eigenvalue weighted by Gasteiger charge is -2.40. The van der Waals surface area contributed by atoms with Gasteiger partial charge in [-0.2, -0.15) is 0 Å². The normalized spacial score (nSPS) is 24.4. The molecule has 0 radical (unpaired) electrons. The maximum atomic E-state index is 12.2. The van der Waals surface area contributed by atoms with Crippen molar-refractivity contribution in [3.63, 3.8) is 0 Å². The Morgan fingerprint density at radius 2 is 1.95 bits per heavy atom. The van der Waals surface area contributed by atoms with Crippen molar-refractivity contribution in [3.8, 4) is 0 Å². The number of amides is 1. The molecule has 1 heterocycles. The SMILES string of the molecule is CC(C)[C@H]1CO[C@H](C(=O)O)CN1C(=O)OC(C)(C)C. The minimum atomic E-state index is -1.06. The lowest BCUT2D eigenvalue weighted by Crippen LogP contribution is -2.57. The molecule has 110 valence electrons. The Morgan fingerprint density at radius 3 is 2.37 bits per heavy atom. The minimum absolute atomic E-state index is 0.0209. The summed E-state index contributed by atoms with van der Waals surface area (Å²) in [7, 11) is 0. The molecule has 19 heavy (non-hydrogen) atoms. The van der Waals surface area contributed by atoms with Crippen molar-refractivity contribution in [2.45, 2.75) is 52.4 Å². The van der Waals surface area contributed by atoms with E-state index in [4.69, 9.17) is 14.6 Å². The van der Waals surface area contributed by atoms with Crippen LogP contribution in [0.4, 0.5) is 4.79 Å². The number of ether oxygens (including phenoxy) is 2. The van der Waals surface area contributed by atoms with Crippen LogP contribution in [0, 0.1) is 5.92 Å². The molecule has 0 unspecified atom stereocenters. The quantitative estimate of drug-likeness (QED) is 0.829. The Balaban J connectivity index is 2.82. The Kier molecular flexibility index (Phi) is 4.79. The van der Waals surface area contributed by atoms with E-state index in [1.807, 2.05) is 13.8 Å². The van der Waals surface area contributed by atoms with Gasteiger partial charge in [0.1, 0.15) is 5.60 Å². The second-order valence-electron chi connectivity index (χ2n) is 6.10. The molecule has 0 spiro atoms. The first-order chi connectivity index (χ1) is 8.61. The lowest BCUT2D eigenvalue weighted by atomic mass is 10.0. The predicted molar refractivity (Wildman–Crippen MR) is 68.9 cm³/mol. The van der Waals surface area contributed by atoms with Crippen molar-refractivity contribution in [1.82, 2.24) is 4.90 Å². The van der Waals surface area contributed by atoms with Gasteiger partial charge in [0.15, 0.2) is 6.10 Å². The highest BCUT2D eigenvalue weighted by Crippen LogP contribution is 2.21. The van der Waals surface area contributed by atoms with Crippen LogP contribution in [0.15, 0.2) is 0 Å². The Hall–Kier alpha value is -1.30. The number of carboxylic acid groups (broad SMARTS) is 1. The second kappa shape index (κ2) is 5.77. The predicted octanol–water partition coefficient (Wildman–Crippen LogP) is 1.73. The summed E-state index contributed by atoms with van der Waals surface area (Å²) in [5, 5.41) is 8.99. The van der Waals surface area contributed by atoms with Crippen LogP contribution >= 0.6 is 0 Å². The van der Waals surface area contributed by atoms with Gasteiger partial charge >= 0.3 is 12.1 Å². The summed E-state index contributed by atoms with van der Waals surface area (Å²) < 4.78 is 10.6. The third-order valence-electron chi connectivity index (χ3n) is 2.90. The van der Waals surface area contributed by atoms with Crippen LogP contribution in [-0.2, 0) is 14.3 Å². The summed E-state index contributed by atoms with van der Waals surface area (Å²) in [6.07, 6.45) is -1.47. The molecule has 1 saturated heterocycles. The van der Waals surface area contributed by atoms with Crippen LogP contribution in [0.1, 0.15) is 34.6 Å². The van der Waals surface area contributed by atoms with Gasteiger partial charge < -0.3 is 14.6 Å². The number of carboxylic acids is 1. The molecule has 1 amide bonds. The fourth-order valence-corrected chi connectivity index (χ4v) is 1.90. The number of carbonyl (C=O) groups is 2. The van der Waals surface area contributed by atoms with Crippen LogP contribution in [0.2, 0.25) is 0 Å². The van der Waals surface area contributed by atoms with Gasteiger partial charge in [0, 0.05) is 0 Å². The highest BCUT2D eigenvalue weighted by Gasteiger charge is 2.38. The zero-order chi connectivity index (χ0) is 14.8. The molecule has 0 saturated carbocycles. The van der Waals surface area contributed by atoms with Crippen LogP contribution in [0.25, 0.3) is 0 Å². The van der Waals surface area contributed by atoms with Crippen LogP contribution in [-0.4, -0.2) is 53.0 Å². The number of rotatable bonds is 2. The third kappa shape index (κ3) is 4.38. The van der Waals surface area contributed by atoms with Crippen molar-refractivity contribution in [2.24, 2.45) is 5.92 Å². The van der Waals surface area contributed by atoms with Gasteiger partial charge in [-0.3, -0.25) is 4.90 Å². The number of hydrogen-bond donors (Lipinski definition) is 1. The third-order valence-corrected chi connectivity index (χ3v) is 2.90. The molecular weight excluding hydrogens is 250 g/mol. The molecule has 1 aliphatic rings. The Morgan fingerprint density at radius 1 is 1.37 bits per heavy atom. The van der Waals surface area contributed by atoms with Gasteiger partial charge in [-0.15, -0.1) is 0 Å². The summed E-state index contributed by atoms with van der Waals surface area (Å²) in [6.45, 7) is 9.51. The number of nitrogens with zero attached hydrogens (tertiary/aromatic N) is 1. The molecule has 2 atom stereocenters. The van der Waals surface area contributed by atoms with E-state index in [2.05, 4.69) is 0 Å². The number of hydrogen-bond acceptors (Lipinski definition) is 4. The van der Waals surface area contributed by atoms with Crippen molar-refractivity contribution in [2.75, 3.05) is 13.2 Å². The molecule has 6 heteroatoms. The van der Waals surface area contributed by atoms with Crippen molar-refractivity contribution in [3.05, 3.63) is 0 Å². The van der Waals surface area contributed by atoms with Gasteiger partial charge in [0.2, 0.25) is 0 Å². The monoisotopic (exact) mass is 273 g/mol. The fraction of sp³-hybridized carbons (Fsp3) is 0.846. The number of carbonyl (C=O) groups excluding carboxylic acids is 1. The zero-order valence-corrected chi connectivity index (χ0v) is 12.2. The van der Waals surface area contributed by atoms with Gasteiger partial charge in [-0.05, 0) is 26.7 Å². The highest BCUT2D eigenvalue weighted by atomic mass is 16.6. The number of aliphatic carboxylic acids is 1. The molecule has 6 nitrogen and oxygen atoms in total. The molecular formula is C13H23NO5. The van der Waals surface area contributed by atoms with E-state index >= 15 is 0 Å². The van der Waals surface area contributed by atoms with E-state index in [1.165, 1.54) is 4.90 Å². The summed E-state index contributed by atoms with van der Waals surface area (Å²) in [4.78, 5) is 24.6. The average Bonchev–Trinajstić information content (AvgIpc) is 2.25. The first-order valence-corrected chi connectivity index (χ1v) is 6.46. The minimum Gasteiger partial charge on any atom is -0.479 e. The van der Waals surface area contributed by atoms with Gasteiger partial charge in [-0.1, -0.05) is 13.8 Å². The van der Waals surface area contributed by atoms with Gasteiger partial charge in [0.25, 0.3) is 0 Å². The summed E-state index contributed by atoms with van der Waals surface area (Å²) in [5.74, 6) is -0.891. The Labute approximate surface area is 113 Å². The van der Waals surface area contributed by atoms with E-state index in [1.54, 1.807) is 20.8 Å². The number of morpholine rings is 1. The standard InChI is InChI=1S/C13H23NO5/c1-8(2)9-7-18-10(11(15)16)6-14(9)12(17)19-13(3,4)5/h8-10H,6-7H2,1-5H3,(H,15,16)/t9-,10+/m1/s1. The van der Waals surface area contributed by atoms with E-state index in [9.17, 15) is 9.59 Å². The largest absolute Gasteiger partial charge is 0.479 e. The first-order valence-electron chi connectivity index (χ1n) is 6.46. The summed E-state index contributed by atoms with van der Waals surface area (Å²) >= 11 is 0. The van der Waals surface area contributed by atoms with E-state index < -0.39 is 23.8 Å². The second-order valence-corrected chi connectivity index (χ2v) is 6.10. The molecule has 0 bridgehead atoms. The van der Waals surface area contributed by atoms with Crippen LogP contribution < -0.4 is 0 Å². The van der Waals surface area contributed by atoms with E-state index in [0.717, 1.165) is 0 Å². The zero-order valence-electron chi connectivity index (χ0n) is 12.2. The van der Waals surface area contributed by atoms with Crippen LogP contribution in [0.3, 0.4) is 0 Å². The smallest absolute Gasteiger partial charge is 0.410 e. The Bertz CT molecular complexity index is 347. The van der Waals surface area contributed by atoms with Crippen LogP contribution in [0.5, 0.6) is 0 Å². The van der Waals surface area contributed by atoms with Crippen molar-refractivity contribution >= 4 is 12.1 Å². The fourth-order valence-electron chi connectivity index (χ4n) is 1.90. The van der Waals surface area contributed by atoms with E-state index in [-0.39, 0.29) is 25.1 Å². The van der Waals surface area contributed by atoms with E-state index in [0.29, 0.717) is 0 Å². The van der Waals surface area contributed by atoms with Crippen molar-refractivity contribution < 1.29 is 24.2 Å². The molecule has 1 rings (SSSR count). The molecule has 1 fully saturated rings. The molecule has 0 aromatic carbocycles. The molecule has 0 aliphatic carbocycles. The van der Waals surface area contributed by atoms with Gasteiger partial charge in [-0.25, -0.2) is 9.59 Å². The topological polar surface area (TPSA) is 76.1 Å².